The lowest BCUT2D eigenvalue weighted by molar-refractivity contribution is -0.136. The monoisotopic (exact) mass is 362 g/mol. The van der Waals surface area contributed by atoms with Crippen molar-refractivity contribution in [2.75, 3.05) is 19.6 Å². The number of allylic oxidation sites excluding steroid dienone is 1. The smallest absolute Gasteiger partial charge is 0.248 e. The van der Waals surface area contributed by atoms with E-state index in [4.69, 9.17) is 11.6 Å². The lowest BCUT2D eigenvalue weighted by Gasteiger charge is -2.40. The van der Waals surface area contributed by atoms with Crippen molar-refractivity contribution in [3.63, 3.8) is 0 Å². The third-order valence-corrected chi connectivity index (χ3v) is 5.47. The molecular weight excluding hydrogens is 339 g/mol. The van der Waals surface area contributed by atoms with Crippen molar-refractivity contribution in [2.24, 2.45) is 0 Å². The van der Waals surface area contributed by atoms with Gasteiger partial charge in [0.2, 0.25) is 5.91 Å². The Labute approximate surface area is 153 Å². The van der Waals surface area contributed by atoms with Crippen LogP contribution in [0.5, 0.6) is 0 Å². The summed E-state index contributed by atoms with van der Waals surface area (Å²) < 4.78 is 15.5. The van der Waals surface area contributed by atoms with Crippen LogP contribution in [0.2, 0.25) is 0 Å². The molecule has 2 aliphatic heterocycles. The van der Waals surface area contributed by atoms with Crippen molar-refractivity contribution in [3.8, 4) is 0 Å². The molecule has 1 aromatic carbocycles. The van der Waals surface area contributed by atoms with Gasteiger partial charge in [0.15, 0.2) is 11.0 Å². The Morgan fingerprint density at radius 2 is 2.08 bits per heavy atom. The Bertz CT molecular complexity index is 676. The first-order chi connectivity index (χ1) is 12.1. The number of halogens is 2. The van der Waals surface area contributed by atoms with Crippen LogP contribution in [0.1, 0.15) is 31.7 Å². The van der Waals surface area contributed by atoms with Gasteiger partial charge in [-0.2, -0.15) is 0 Å². The quantitative estimate of drug-likeness (QED) is 0.733. The molecule has 1 amide bonds. The molecule has 0 spiro atoms. The number of alkyl halides is 2. The summed E-state index contributed by atoms with van der Waals surface area (Å²) in [6.07, 6.45) is 8.44. The van der Waals surface area contributed by atoms with Gasteiger partial charge >= 0.3 is 0 Å². The molecule has 2 unspecified atom stereocenters. The SMILES string of the molecule is CCCCN1C=CC(N2CCC(F)(c3ccccc3)C(Cl)C2=O)=CC1. The molecule has 2 atom stereocenters. The molecule has 0 aromatic heterocycles. The van der Waals surface area contributed by atoms with Crippen molar-refractivity contribution in [1.82, 2.24) is 9.80 Å². The van der Waals surface area contributed by atoms with Crippen LogP contribution in [-0.4, -0.2) is 40.7 Å². The molecule has 3 rings (SSSR count). The summed E-state index contributed by atoms with van der Waals surface area (Å²) >= 11 is 6.29. The standard InChI is InChI=1S/C20H24ClFN2O/c1-2-3-12-23-13-9-17(10-14-23)24-15-11-20(22,18(21)19(24)25)16-7-5-4-6-8-16/h4-10,13,18H,2-3,11-12,14-15H2,1H3. The van der Waals surface area contributed by atoms with E-state index in [0.717, 1.165) is 31.6 Å². The lowest BCUT2D eigenvalue weighted by atomic mass is 9.85. The summed E-state index contributed by atoms with van der Waals surface area (Å²) in [6, 6.07) is 8.77. The first-order valence-electron chi connectivity index (χ1n) is 8.88. The Balaban J connectivity index is 1.71. The number of amides is 1. The number of hydrogen-bond donors (Lipinski definition) is 0. The first kappa shape index (κ1) is 18.0. The van der Waals surface area contributed by atoms with Crippen LogP contribution < -0.4 is 0 Å². The van der Waals surface area contributed by atoms with Crippen LogP contribution >= 0.6 is 11.6 Å². The van der Waals surface area contributed by atoms with E-state index >= 15 is 4.39 Å². The summed E-state index contributed by atoms with van der Waals surface area (Å²) in [5.41, 5.74) is -0.525. The van der Waals surface area contributed by atoms with Gasteiger partial charge in [0, 0.05) is 38.0 Å². The molecule has 3 nitrogen and oxygen atoms in total. The van der Waals surface area contributed by atoms with Crippen LogP contribution in [0, 0.1) is 0 Å². The minimum atomic E-state index is -1.82. The molecule has 2 heterocycles. The van der Waals surface area contributed by atoms with E-state index in [2.05, 4.69) is 11.8 Å². The van der Waals surface area contributed by atoms with Crippen molar-refractivity contribution < 1.29 is 9.18 Å². The molecule has 2 aliphatic rings. The molecule has 1 saturated heterocycles. The predicted octanol–water partition coefficient (Wildman–Crippen LogP) is 4.20. The number of hydrogen-bond acceptors (Lipinski definition) is 2. The van der Waals surface area contributed by atoms with Gasteiger partial charge in [0.1, 0.15) is 0 Å². The fourth-order valence-electron chi connectivity index (χ4n) is 3.35. The van der Waals surface area contributed by atoms with Crippen molar-refractivity contribution >= 4 is 17.5 Å². The molecule has 0 aliphatic carbocycles. The minimum absolute atomic E-state index is 0.196. The van der Waals surface area contributed by atoms with Gasteiger partial charge in [0.05, 0.1) is 0 Å². The number of carbonyl (C=O) groups excluding carboxylic acids is 1. The van der Waals surface area contributed by atoms with E-state index in [0.29, 0.717) is 12.1 Å². The average molecular weight is 363 g/mol. The summed E-state index contributed by atoms with van der Waals surface area (Å²) in [5, 5.41) is -1.21. The lowest BCUT2D eigenvalue weighted by Crippen LogP contribution is -2.52. The first-order valence-corrected chi connectivity index (χ1v) is 9.32. The topological polar surface area (TPSA) is 23.6 Å². The number of piperidine rings is 1. The van der Waals surface area contributed by atoms with Gasteiger partial charge in [0.25, 0.3) is 0 Å². The highest BCUT2D eigenvalue weighted by atomic mass is 35.5. The second-order valence-electron chi connectivity index (χ2n) is 6.62. The second kappa shape index (κ2) is 7.61. The maximum Gasteiger partial charge on any atom is 0.248 e. The second-order valence-corrected chi connectivity index (χ2v) is 7.06. The summed E-state index contributed by atoms with van der Waals surface area (Å²) in [6.45, 7) is 4.27. The maximum absolute atomic E-state index is 15.5. The number of benzene rings is 1. The van der Waals surface area contributed by atoms with Crippen LogP contribution in [0.15, 0.2) is 54.4 Å². The van der Waals surface area contributed by atoms with E-state index in [1.807, 2.05) is 24.4 Å². The molecule has 25 heavy (non-hydrogen) atoms. The van der Waals surface area contributed by atoms with Gasteiger partial charge in [-0.25, -0.2) is 4.39 Å². The normalized spacial score (nSPS) is 26.8. The van der Waals surface area contributed by atoms with E-state index < -0.39 is 11.0 Å². The Morgan fingerprint density at radius 3 is 2.72 bits per heavy atom. The summed E-state index contributed by atoms with van der Waals surface area (Å²) in [5.74, 6) is -0.364. The third kappa shape index (κ3) is 3.59. The third-order valence-electron chi connectivity index (χ3n) is 4.94. The molecule has 1 fully saturated rings. The summed E-state index contributed by atoms with van der Waals surface area (Å²) in [4.78, 5) is 16.6. The van der Waals surface area contributed by atoms with Crippen LogP contribution in [0.25, 0.3) is 0 Å². The molecular formula is C20H24ClFN2O. The Morgan fingerprint density at radius 1 is 1.32 bits per heavy atom. The van der Waals surface area contributed by atoms with Crippen LogP contribution in [0.3, 0.4) is 0 Å². The van der Waals surface area contributed by atoms with E-state index in [1.54, 1.807) is 29.2 Å². The zero-order chi connectivity index (χ0) is 17.9. The number of carbonyl (C=O) groups is 1. The zero-order valence-corrected chi connectivity index (χ0v) is 15.3. The van der Waals surface area contributed by atoms with Gasteiger partial charge in [-0.3, -0.25) is 4.79 Å². The van der Waals surface area contributed by atoms with Gasteiger partial charge in [-0.05, 0) is 24.1 Å². The molecule has 134 valence electrons. The maximum atomic E-state index is 15.5. The Kier molecular flexibility index (Phi) is 5.48. The molecule has 0 radical (unpaired) electrons. The number of rotatable bonds is 5. The van der Waals surface area contributed by atoms with Crippen molar-refractivity contribution in [3.05, 3.63) is 59.9 Å². The van der Waals surface area contributed by atoms with Crippen molar-refractivity contribution in [2.45, 2.75) is 37.2 Å². The molecule has 0 N–H and O–H groups in total. The highest BCUT2D eigenvalue weighted by molar-refractivity contribution is 6.32. The molecule has 0 saturated carbocycles. The highest BCUT2D eigenvalue weighted by Crippen LogP contribution is 2.41. The van der Waals surface area contributed by atoms with Crippen molar-refractivity contribution in [1.29, 1.82) is 0 Å². The fourth-order valence-corrected chi connectivity index (χ4v) is 3.71. The fraction of sp³-hybridized carbons (Fsp3) is 0.450. The number of unbranched alkanes of at least 4 members (excludes halogenated alkanes) is 1. The Hall–Kier alpha value is -1.81. The molecule has 5 heteroatoms. The van der Waals surface area contributed by atoms with Crippen LogP contribution in [0.4, 0.5) is 4.39 Å². The number of likely N-dealkylation sites (tertiary alicyclic amines) is 1. The largest absolute Gasteiger partial charge is 0.374 e. The predicted molar refractivity (Wildman–Crippen MR) is 98.9 cm³/mol. The zero-order valence-electron chi connectivity index (χ0n) is 14.5. The van der Waals surface area contributed by atoms with Crippen LogP contribution in [-0.2, 0) is 10.5 Å². The molecule has 1 aromatic rings. The minimum Gasteiger partial charge on any atom is -0.374 e. The highest BCUT2D eigenvalue weighted by Gasteiger charge is 2.49. The van der Waals surface area contributed by atoms with E-state index in [1.165, 1.54) is 0 Å². The average Bonchev–Trinajstić information content (AvgIpc) is 2.66. The van der Waals surface area contributed by atoms with Gasteiger partial charge < -0.3 is 9.80 Å². The van der Waals surface area contributed by atoms with E-state index in [-0.39, 0.29) is 12.3 Å². The summed E-state index contributed by atoms with van der Waals surface area (Å²) in [7, 11) is 0. The van der Waals surface area contributed by atoms with Gasteiger partial charge in [-0.1, -0.05) is 43.7 Å². The van der Waals surface area contributed by atoms with Gasteiger partial charge in [-0.15, -0.1) is 11.6 Å². The number of nitrogens with zero attached hydrogens (tertiary/aromatic N) is 2. The van der Waals surface area contributed by atoms with E-state index in [9.17, 15) is 4.79 Å². The molecule has 0 bridgehead atoms.